The third kappa shape index (κ3) is 3.93. The summed E-state index contributed by atoms with van der Waals surface area (Å²) >= 11 is 0. The van der Waals surface area contributed by atoms with Crippen molar-refractivity contribution in [1.82, 2.24) is 9.88 Å². The van der Waals surface area contributed by atoms with Crippen LogP contribution >= 0.6 is 0 Å². The Kier molecular flexibility index (Phi) is 4.89. The maximum Gasteiger partial charge on any atom is 0.256 e. The van der Waals surface area contributed by atoms with Gasteiger partial charge in [0.25, 0.3) is 5.91 Å². The molecule has 4 rings (SSSR count). The average Bonchev–Trinajstić information content (AvgIpc) is 3.36. The fourth-order valence-electron chi connectivity index (χ4n) is 3.91. The molecule has 0 atom stereocenters. The van der Waals surface area contributed by atoms with Gasteiger partial charge in [-0.2, -0.15) is 3.71 Å². The number of pyridine rings is 1. The number of carbonyl (C=O) groups excluding carboxylic acids is 1. The summed E-state index contributed by atoms with van der Waals surface area (Å²) < 4.78 is 48.8. The molecule has 1 aromatic heterocycles. The van der Waals surface area contributed by atoms with Gasteiger partial charge in [0.05, 0.1) is 35.2 Å². The Hall–Kier alpha value is -2.46. The molecule has 2 aromatic rings. The molecule has 1 amide bonds. The van der Waals surface area contributed by atoms with Crippen molar-refractivity contribution in [2.24, 2.45) is 5.92 Å². The van der Waals surface area contributed by atoms with E-state index in [-0.39, 0.29) is 11.6 Å². The van der Waals surface area contributed by atoms with Crippen molar-refractivity contribution in [2.75, 3.05) is 22.8 Å². The van der Waals surface area contributed by atoms with Crippen LogP contribution in [0.2, 0.25) is 0 Å². The number of anilines is 1. The Morgan fingerprint density at radius 3 is 2.37 bits per heavy atom. The second kappa shape index (κ2) is 7.05. The summed E-state index contributed by atoms with van der Waals surface area (Å²) in [5, 5.41) is 0. The van der Waals surface area contributed by atoms with Gasteiger partial charge in [0.1, 0.15) is 0 Å². The maximum atomic E-state index is 12.7. The van der Waals surface area contributed by atoms with Crippen molar-refractivity contribution in [2.45, 2.75) is 26.3 Å². The Labute approximate surface area is 176 Å². The van der Waals surface area contributed by atoms with Crippen molar-refractivity contribution >= 4 is 31.6 Å². The SMILES string of the molecule is Cc1nc(-c2cccc(N(S(C)(=O)=O)S(C)(=O)=O)c2)cc2c1C(=O)N(CC1CC1)C2. The lowest BCUT2D eigenvalue weighted by molar-refractivity contribution is 0.0770. The third-order valence-electron chi connectivity index (χ3n) is 5.27. The topological polar surface area (TPSA) is 105 Å². The average molecular weight is 450 g/mol. The zero-order valence-electron chi connectivity index (χ0n) is 17.0. The Morgan fingerprint density at radius 2 is 1.77 bits per heavy atom. The summed E-state index contributed by atoms with van der Waals surface area (Å²) in [4.78, 5) is 19.1. The van der Waals surface area contributed by atoms with E-state index in [2.05, 4.69) is 4.98 Å². The van der Waals surface area contributed by atoms with E-state index in [1.165, 1.54) is 12.1 Å². The van der Waals surface area contributed by atoms with E-state index in [4.69, 9.17) is 0 Å². The van der Waals surface area contributed by atoms with Crippen molar-refractivity contribution in [3.63, 3.8) is 0 Å². The number of nitrogens with zero attached hydrogens (tertiary/aromatic N) is 3. The highest BCUT2D eigenvalue weighted by Gasteiger charge is 2.34. The van der Waals surface area contributed by atoms with Crippen LogP contribution in [-0.4, -0.2) is 51.7 Å². The van der Waals surface area contributed by atoms with E-state index in [1.807, 2.05) is 11.0 Å². The first kappa shape index (κ1) is 20.8. The van der Waals surface area contributed by atoms with Gasteiger partial charge >= 0.3 is 0 Å². The van der Waals surface area contributed by atoms with E-state index in [9.17, 15) is 21.6 Å². The lowest BCUT2D eigenvalue weighted by Crippen LogP contribution is -2.35. The first-order valence-corrected chi connectivity index (χ1v) is 13.3. The number of sulfonamides is 2. The first-order chi connectivity index (χ1) is 13.9. The molecule has 8 nitrogen and oxygen atoms in total. The molecule has 1 saturated carbocycles. The van der Waals surface area contributed by atoms with Crippen LogP contribution in [0, 0.1) is 12.8 Å². The number of aromatic nitrogens is 1. The predicted octanol–water partition coefficient (Wildman–Crippen LogP) is 2.15. The van der Waals surface area contributed by atoms with Crippen LogP contribution in [0.15, 0.2) is 30.3 Å². The summed E-state index contributed by atoms with van der Waals surface area (Å²) in [5.74, 6) is 0.591. The molecule has 1 aliphatic heterocycles. The smallest absolute Gasteiger partial charge is 0.256 e. The van der Waals surface area contributed by atoms with E-state index in [1.54, 1.807) is 19.1 Å². The number of amides is 1. The van der Waals surface area contributed by atoms with Gasteiger partial charge in [0.2, 0.25) is 20.0 Å². The molecule has 30 heavy (non-hydrogen) atoms. The normalized spacial score (nSPS) is 16.6. The number of carbonyl (C=O) groups is 1. The molecule has 0 spiro atoms. The molecule has 0 unspecified atom stereocenters. The van der Waals surface area contributed by atoms with Crippen LogP contribution in [0.1, 0.15) is 34.5 Å². The first-order valence-electron chi connectivity index (χ1n) is 9.56. The third-order valence-corrected chi connectivity index (χ3v) is 8.53. The van der Waals surface area contributed by atoms with Gasteiger partial charge in [0, 0.05) is 18.7 Å². The number of aryl methyl sites for hydroxylation is 1. The number of benzene rings is 1. The maximum absolute atomic E-state index is 12.7. The number of rotatable bonds is 6. The van der Waals surface area contributed by atoms with Crippen LogP contribution in [0.25, 0.3) is 11.3 Å². The summed E-state index contributed by atoms with van der Waals surface area (Å²) in [5.41, 5.74) is 3.28. The Bertz CT molecular complexity index is 1220. The minimum Gasteiger partial charge on any atom is -0.334 e. The van der Waals surface area contributed by atoms with Crippen LogP contribution in [0.3, 0.4) is 0 Å². The standard InChI is InChI=1S/C20H23N3O5S2/c1-13-19-16(12-22(20(19)24)11-14-7-8-14)10-18(21-13)15-5-4-6-17(9-15)23(29(2,25)26)30(3,27)28/h4-6,9-10,14H,7-8,11-12H2,1-3H3. The van der Waals surface area contributed by atoms with Gasteiger partial charge in [0.15, 0.2) is 0 Å². The minimum atomic E-state index is -4.04. The van der Waals surface area contributed by atoms with Crippen molar-refractivity contribution in [3.8, 4) is 11.3 Å². The highest BCUT2D eigenvalue weighted by molar-refractivity contribution is 8.09. The summed E-state index contributed by atoms with van der Waals surface area (Å²) in [6, 6.07) is 8.06. The van der Waals surface area contributed by atoms with Gasteiger partial charge in [-0.15, -0.1) is 0 Å². The number of hydrogen-bond acceptors (Lipinski definition) is 6. The van der Waals surface area contributed by atoms with Gasteiger partial charge in [-0.25, -0.2) is 16.8 Å². The van der Waals surface area contributed by atoms with E-state index >= 15 is 0 Å². The molecule has 0 bridgehead atoms. The van der Waals surface area contributed by atoms with Crippen LogP contribution in [0.4, 0.5) is 5.69 Å². The highest BCUT2D eigenvalue weighted by Crippen LogP contribution is 2.35. The zero-order chi connectivity index (χ0) is 21.8. The molecular formula is C20H23N3O5S2. The van der Waals surface area contributed by atoms with Gasteiger partial charge in [-0.1, -0.05) is 12.1 Å². The summed E-state index contributed by atoms with van der Waals surface area (Å²) in [6.45, 7) is 3.07. The van der Waals surface area contributed by atoms with E-state index in [0.717, 1.165) is 37.5 Å². The molecule has 2 aliphatic rings. The monoisotopic (exact) mass is 449 g/mol. The summed E-state index contributed by atoms with van der Waals surface area (Å²) in [7, 11) is -8.08. The minimum absolute atomic E-state index is 0.00234. The van der Waals surface area contributed by atoms with Crippen molar-refractivity contribution in [3.05, 3.63) is 47.2 Å². The number of fused-ring (bicyclic) bond motifs is 1. The molecule has 160 valence electrons. The van der Waals surface area contributed by atoms with Crippen molar-refractivity contribution in [1.29, 1.82) is 0 Å². The molecular weight excluding hydrogens is 426 g/mol. The largest absolute Gasteiger partial charge is 0.334 e. The molecule has 0 radical (unpaired) electrons. The number of hydrogen-bond donors (Lipinski definition) is 0. The molecule has 0 saturated heterocycles. The molecule has 0 N–H and O–H groups in total. The zero-order valence-corrected chi connectivity index (χ0v) is 18.6. The lowest BCUT2D eigenvalue weighted by Gasteiger charge is -2.20. The van der Waals surface area contributed by atoms with Crippen LogP contribution < -0.4 is 3.71 Å². The molecule has 1 aliphatic carbocycles. The highest BCUT2D eigenvalue weighted by atomic mass is 32.3. The molecule has 1 aromatic carbocycles. The fourth-order valence-corrected chi connectivity index (χ4v) is 6.87. The van der Waals surface area contributed by atoms with Crippen molar-refractivity contribution < 1.29 is 21.6 Å². The quantitative estimate of drug-likeness (QED) is 0.669. The second-order valence-electron chi connectivity index (χ2n) is 8.03. The van der Waals surface area contributed by atoms with Crippen LogP contribution in [0.5, 0.6) is 0 Å². The van der Waals surface area contributed by atoms with Crippen LogP contribution in [-0.2, 0) is 26.6 Å². The lowest BCUT2D eigenvalue weighted by atomic mass is 10.0. The molecule has 1 fully saturated rings. The fraction of sp³-hybridized carbons (Fsp3) is 0.400. The second-order valence-corrected chi connectivity index (χ2v) is 11.9. The van der Waals surface area contributed by atoms with Gasteiger partial charge in [-0.3, -0.25) is 9.78 Å². The molecule has 10 heteroatoms. The van der Waals surface area contributed by atoms with Gasteiger partial charge < -0.3 is 4.90 Å². The van der Waals surface area contributed by atoms with Gasteiger partial charge in [-0.05, 0) is 49.4 Å². The predicted molar refractivity (Wildman–Crippen MR) is 114 cm³/mol. The van der Waals surface area contributed by atoms with E-state index < -0.39 is 20.0 Å². The molecule has 2 heterocycles. The Balaban J connectivity index is 1.74. The summed E-state index contributed by atoms with van der Waals surface area (Å²) in [6.07, 6.45) is 4.01. The Morgan fingerprint density at radius 1 is 1.10 bits per heavy atom. The van der Waals surface area contributed by atoms with E-state index in [0.29, 0.717) is 38.7 Å².